The largest absolute Gasteiger partial charge is 0.401 e. The van der Waals surface area contributed by atoms with Gasteiger partial charge in [0, 0.05) is 6.08 Å². The Morgan fingerprint density at radius 3 is 1.93 bits per heavy atom. The molecule has 0 heterocycles. The van der Waals surface area contributed by atoms with Crippen molar-refractivity contribution in [3.05, 3.63) is 72.8 Å². The van der Waals surface area contributed by atoms with Crippen LogP contribution in [0.1, 0.15) is 53.4 Å². The monoisotopic (exact) mass is 391 g/mol. The zero-order valence-electron chi connectivity index (χ0n) is 17.7. The van der Waals surface area contributed by atoms with Crippen LogP contribution in [0, 0.1) is 11.3 Å². The van der Waals surface area contributed by atoms with Crippen LogP contribution in [0.25, 0.3) is 0 Å². The van der Waals surface area contributed by atoms with Crippen molar-refractivity contribution >= 4 is 18.7 Å². The molecule has 0 amide bonds. The molecule has 0 aliphatic carbocycles. The summed E-state index contributed by atoms with van der Waals surface area (Å²) in [4.78, 5) is 0. The summed E-state index contributed by atoms with van der Waals surface area (Å²) in [5.41, 5.74) is 0. The van der Waals surface area contributed by atoms with Gasteiger partial charge in [0.2, 0.25) is 0 Å². The molecule has 0 spiro atoms. The van der Waals surface area contributed by atoms with Gasteiger partial charge in [-0.2, -0.15) is 5.26 Å². The maximum absolute atomic E-state index is 9.10. The van der Waals surface area contributed by atoms with Crippen LogP contribution in [0.3, 0.4) is 0 Å². The Kier molecular flexibility index (Phi) is 8.23. The molecule has 0 aliphatic rings. The second kappa shape index (κ2) is 10.4. The van der Waals surface area contributed by atoms with Gasteiger partial charge in [-0.3, -0.25) is 0 Å². The summed E-state index contributed by atoms with van der Waals surface area (Å²) in [6, 6.07) is 23.5. The Morgan fingerprint density at radius 2 is 1.50 bits per heavy atom. The van der Waals surface area contributed by atoms with Crippen LogP contribution in [-0.4, -0.2) is 14.4 Å². The van der Waals surface area contributed by atoms with Crippen molar-refractivity contribution < 1.29 is 4.43 Å². The van der Waals surface area contributed by atoms with Gasteiger partial charge in [-0.05, 0) is 27.9 Å². The molecule has 2 rings (SSSR count). The van der Waals surface area contributed by atoms with Gasteiger partial charge in [0.05, 0.1) is 12.2 Å². The van der Waals surface area contributed by atoms with Crippen molar-refractivity contribution in [3.8, 4) is 6.07 Å². The van der Waals surface area contributed by atoms with Crippen molar-refractivity contribution in [2.24, 2.45) is 0 Å². The number of hydrogen-bond acceptors (Lipinski definition) is 2. The molecule has 28 heavy (non-hydrogen) atoms. The van der Waals surface area contributed by atoms with Crippen LogP contribution in [0.2, 0.25) is 5.04 Å². The number of allylic oxidation sites excluding steroid dienone is 1. The van der Waals surface area contributed by atoms with Gasteiger partial charge < -0.3 is 4.43 Å². The van der Waals surface area contributed by atoms with E-state index in [2.05, 4.69) is 94.4 Å². The molecule has 0 saturated heterocycles. The van der Waals surface area contributed by atoms with Crippen molar-refractivity contribution in [1.29, 1.82) is 5.26 Å². The van der Waals surface area contributed by atoms with Gasteiger partial charge in [0.25, 0.3) is 8.32 Å². The van der Waals surface area contributed by atoms with E-state index in [4.69, 9.17) is 9.69 Å². The molecule has 0 unspecified atom stereocenters. The maximum Gasteiger partial charge on any atom is 0.261 e. The summed E-state index contributed by atoms with van der Waals surface area (Å²) in [6.07, 6.45) is 7.88. The van der Waals surface area contributed by atoms with Crippen LogP contribution in [-0.2, 0) is 4.43 Å². The van der Waals surface area contributed by atoms with Gasteiger partial charge in [0.15, 0.2) is 0 Å². The molecule has 0 saturated carbocycles. The SMILES string of the molecule is CCCCC[C@@H](/C=C/C#N)O[Si](c1ccccc1)(c1ccccc1)C(C)(C)C. The quantitative estimate of drug-likeness (QED) is 0.317. The van der Waals surface area contributed by atoms with Gasteiger partial charge in [-0.15, -0.1) is 0 Å². The second-order valence-corrected chi connectivity index (χ2v) is 12.6. The van der Waals surface area contributed by atoms with E-state index >= 15 is 0 Å². The van der Waals surface area contributed by atoms with E-state index in [-0.39, 0.29) is 11.1 Å². The van der Waals surface area contributed by atoms with Crippen LogP contribution >= 0.6 is 0 Å². The zero-order chi connectivity index (χ0) is 20.5. The van der Waals surface area contributed by atoms with Crippen LogP contribution in [0.15, 0.2) is 72.8 Å². The first-order valence-electron chi connectivity index (χ1n) is 10.3. The molecule has 0 fully saturated rings. The van der Waals surface area contributed by atoms with E-state index in [1.807, 2.05) is 6.08 Å². The fraction of sp³-hybridized carbons (Fsp3) is 0.400. The lowest BCUT2D eigenvalue weighted by Crippen LogP contribution is -2.67. The lowest BCUT2D eigenvalue weighted by atomic mass is 10.1. The normalized spacial score (nSPS) is 13.4. The third-order valence-corrected chi connectivity index (χ3v) is 10.3. The molecular formula is C25H33NOSi. The smallest absolute Gasteiger partial charge is 0.261 e. The Bertz CT molecular complexity index is 732. The molecule has 3 heteroatoms. The van der Waals surface area contributed by atoms with Crippen molar-refractivity contribution in [2.45, 2.75) is 64.5 Å². The number of unbranched alkanes of at least 4 members (excludes halogenated alkanes) is 2. The average Bonchev–Trinajstić information content (AvgIpc) is 2.70. The lowest BCUT2D eigenvalue weighted by Gasteiger charge is -2.44. The van der Waals surface area contributed by atoms with Crippen molar-refractivity contribution in [3.63, 3.8) is 0 Å². The highest BCUT2D eigenvalue weighted by Gasteiger charge is 2.51. The molecule has 0 N–H and O–H groups in total. The number of benzene rings is 2. The fourth-order valence-electron chi connectivity index (χ4n) is 3.86. The van der Waals surface area contributed by atoms with Gasteiger partial charge in [-0.1, -0.05) is 108 Å². The fourth-order valence-corrected chi connectivity index (χ4v) is 8.52. The molecule has 148 valence electrons. The van der Waals surface area contributed by atoms with Gasteiger partial charge >= 0.3 is 0 Å². The molecule has 0 aliphatic heterocycles. The molecular weight excluding hydrogens is 358 g/mol. The van der Waals surface area contributed by atoms with E-state index in [9.17, 15) is 0 Å². The molecule has 2 nitrogen and oxygen atoms in total. The highest BCUT2D eigenvalue weighted by Crippen LogP contribution is 2.38. The minimum absolute atomic E-state index is 0.0564. The summed E-state index contributed by atoms with van der Waals surface area (Å²) in [7, 11) is -2.58. The molecule has 1 atom stereocenters. The van der Waals surface area contributed by atoms with E-state index < -0.39 is 8.32 Å². The molecule has 0 radical (unpaired) electrons. The Labute approximate surface area is 172 Å². The first-order valence-corrected chi connectivity index (χ1v) is 12.2. The second-order valence-electron chi connectivity index (χ2n) is 8.30. The summed E-state index contributed by atoms with van der Waals surface area (Å²) >= 11 is 0. The molecule has 0 bridgehead atoms. The number of rotatable bonds is 9. The summed E-state index contributed by atoms with van der Waals surface area (Å²) in [6.45, 7) is 9.08. The summed E-state index contributed by atoms with van der Waals surface area (Å²) < 4.78 is 7.12. The highest BCUT2D eigenvalue weighted by molar-refractivity contribution is 6.99. The van der Waals surface area contributed by atoms with Gasteiger partial charge in [-0.25, -0.2) is 0 Å². The Morgan fingerprint density at radius 1 is 0.964 bits per heavy atom. The van der Waals surface area contributed by atoms with Crippen molar-refractivity contribution in [1.82, 2.24) is 0 Å². The first kappa shape index (κ1) is 22.1. The Hall–Kier alpha value is -2.15. The average molecular weight is 392 g/mol. The predicted molar refractivity (Wildman–Crippen MR) is 121 cm³/mol. The number of hydrogen-bond donors (Lipinski definition) is 0. The Balaban J connectivity index is 2.59. The topological polar surface area (TPSA) is 33.0 Å². The van der Waals surface area contributed by atoms with Crippen LogP contribution in [0.5, 0.6) is 0 Å². The van der Waals surface area contributed by atoms with E-state index in [1.54, 1.807) is 6.08 Å². The number of nitriles is 1. The number of nitrogens with zero attached hydrogens (tertiary/aromatic N) is 1. The van der Waals surface area contributed by atoms with Crippen LogP contribution in [0.4, 0.5) is 0 Å². The summed E-state index contributed by atoms with van der Waals surface area (Å²) in [5.74, 6) is 0. The minimum Gasteiger partial charge on any atom is -0.401 e. The lowest BCUT2D eigenvalue weighted by molar-refractivity contribution is 0.218. The zero-order valence-corrected chi connectivity index (χ0v) is 18.7. The van der Waals surface area contributed by atoms with Crippen molar-refractivity contribution in [2.75, 3.05) is 0 Å². The van der Waals surface area contributed by atoms with Crippen LogP contribution < -0.4 is 10.4 Å². The first-order chi connectivity index (χ1) is 13.5. The van der Waals surface area contributed by atoms with E-state index in [0.29, 0.717) is 0 Å². The third-order valence-electron chi connectivity index (χ3n) is 5.22. The molecule has 2 aromatic rings. The predicted octanol–water partition coefficient (Wildman–Crippen LogP) is 5.59. The molecule has 0 aromatic heterocycles. The van der Waals surface area contributed by atoms with Gasteiger partial charge in [0.1, 0.15) is 0 Å². The molecule has 2 aromatic carbocycles. The minimum atomic E-state index is -2.58. The third kappa shape index (κ3) is 5.22. The van der Waals surface area contributed by atoms with E-state index in [0.717, 1.165) is 12.8 Å². The maximum atomic E-state index is 9.10. The highest BCUT2D eigenvalue weighted by atomic mass is 28.4. The summed E-state index contributed by atoms with van der Waals surface area (Å²) in [5, 5.41) is 11.6. The standard InChI is InChI=1S/C25H33NOSi/c1-5-6-9-15-22(16-14-21-26)27-28(25(2,3)4,23-17-10-7-11-18-23)24-19-12-8-13-20-24/h7-8,10-14,16-20,22H,5-6,9,15H2,1-4H3/b16-14+/t22-/m0/s1. The van der Waals surface area contributed by atoms with E-state index in [1.165, 1.54) is 23.2 Å².